The molecule has 0 amide bonds. The molecule has 0 fully saturated rings. The van der Waals surface area contributed by atoms with E-state index in [9.17, 15) is 0 Å². The molecular weight excluding hydrogens is 218 g/mol. The summed E-state index contributed by atoms with van der Waals surface area (Å²) in [6.45, 7) is 15.2. The summed E-state index contributed by atoms with van der Waals surface area (Å²) in [5.74, 6) is 0.926. The summed E-state index contributed by atoms with van der Waals surface area (Å²) in [5, 5.41) is 3.66. The standard InChI is InChI=1S/C17H37N/c1-7-10-11-16(9-3)13-17(6,12-8-2)14-18-15(4)5/h15-16,18H,7-14H2,1-6H3. The normalized spacial score (nSPS) is 16.8. The molecule has 1 heteroatoms. The first-order valence-corrected chi connectivity index (χ1v) is 8.20. The maximum atomic E-state index is 3.66. The van der Waals surface area contributed by atoms with E-state index in [4.69, 9.17) is 0 Å². The van der Waals surface area contributed by atoms with Crippen molar-refractivity contribution in [3.63, 3.8) is 0 Å². The van der Waals surface area contributed by atoms with Crippen LogP contribution in [0.15, 0.2) is 0 Å². The minimum Gasteiger partial charge on any atom is -0.314 e. The average Bonchev–Trinajstić information content (AvgIpc) is 2.32. The second-order valence-corrected chi connectivity index (χ2v) is 6.72. The van der Waals surface area contributed by atoms with Crippen LogP contribution in [0.3, 0.4) is 0 Å². The fourth-order valence-corrected chi connectivity index (χ4v) is 2.96. The first-order valence-electron chi connectivity index (χ1n) is 8.20. The molecule has 0 aromatic carbocycles. The Hall–Kier alpha value is -0.0400. The van der Waals surface area contributed by atoms with Gasteiger partial charge in [-0.2, -0.15) is 0 Å². The maximum Gasteiger partial charge on any atom is 0.00106 e. The van der Waals surface area contributed by atoms with E-state index in [-0.39, 0.29) is 0 Å². The molecule has 0 spiro atoms. The van der Waals surface area contributed by atoms with Gasteiger partial charge in [0, 0.05) is 12.6 Å². The quantitative estimate of drug-likeness (QED) is 0.521. The van der Waals surface area contributed by atoms with Crippen molar-refractivity contribution in [1.82, 2.24) is 5.32 Å². The maximum absolute atomic E-state index is 3.66. The van der Waals surface area contributed by atoms with Crippen LogP contribution in [-0.4, -0.2) is 12.6 Å². The van der Waals surface area contributed by atoms with Crippen molar-refractivity contribution in [3.05, 3.63) is 0 Å². The van der Waals surface area contributed by atoms with Crippen LogP contribution in [0.25, 0.3) is 0 Å². The second kappa shape index (κ2) is 9.83. The van der Waals surface area contributed by atoms with Crippen molar-refractivity contribution in [1.29, 1.82) is 0 Å². The summed E-state index contributed by atoms with van der Waals surface area (Å²) in [4.78, 5) is 0. The lowest BCUT2D eigenvalue weighted by Gasteiger charge is -2.34. The van der Waals surface area contributed by atoms with Gasteiger partial charge in [0.2, 0.25) is 0 Å². The van der Waals surface area contributed by atoms with E-state index in [1.165, 1.54) is 51.5 Å². The monoisotopic (exact) mass is 255 g/mol. The molecular formula is C17H37N. The molecule has 0 aliphatic carbocycles. The number of nitrogens with one attached hydrogen (secondary N) is 1. The molecule has 0 aromatic rings. The molecule has 110 valence electrons. The lowest BCUT2D eigenvalue weighted by atomic mass is 9.75. The van der Waals surface area contributed by atoms with Crippen molar-refractivity contribution >= 4 is 0 Å². The molecule has 0 radical (unpaired) electrons. The lowest BCUT2D eigenvalue weighted by Crippen LogP contribution is -2.37. The van der Waals surface area contributed by atoms with Crippen LogP contribution < -0.4 is 5.32 Å². The Morgan fingerprint density at radius 1 is 1.06 bits per heavy atom. The third-order valence-corrected chi connectivity index (χ3v) is 4.12. The molecule has 0 aliphatic heterocycles. The second-order valence-electron chi connectivity index (χ2n) is 6.72. The molecule has 0 bridgehead atoms. The van der Waals surface area contributed by atoms with Gasteiger partial charge in [0.05, 0.1) is 0 Å². The Bertz CT molecular complexity index is 188. The van der Waals surface area contributed by atoms with Gasteiger partial charge in [-0.05, 0) is 24.2 Å². The summed E-state index contributed by atoms with van der Waals surface area (Å²) in [6.07, 6.45) is 9.57. The highest BCUT2D eigenvalue weighted by Crippen LogP contribution is 2.34. The minimum absolute atomic E-state index is 0.493. The summed E-state index contributed by atoms with van der Waals surface area (Å²) < 4.78 is 0. The topological polar surface area (TPSA) is 12.0 Å². The molecule has 0 saturated heterocycles. The van der Waals surface area contributed by atoms with Crippen molar-refractivity contribution < 1.29 is 0 Å². The first kappa shape index (κ1) is 18.0. The van der Waals surface area contributed by atoms with Gasteiger partial charge in [-0.15, -0.1) is 0 Å². The molecule has 0 aromatic heterocycles. The summed E-state index contributed by atoms with van der Waals surface area (Å²) in [6, 6.07) is 0.608. The van der Waals surface area contributed by atoms with Crippen molar-refractivity contribution in [2.45, 2.75) is 92.5 Å². The highest BCUT2D eigenvalue weighted by atomic mass is 14.9. The minimum atomic E-state index is 0.493. The zero-order valence-corrected chi connectivity index (χ0v) is 13.8. The first-order chi connectivity index (χ1) is 8.47. The van der Waals surface area contributed by atoms with Crippen LogP contribution in [0.5, 0.6) is 0 Å². The van der Waals surface area contributed by atoms with Crippen LogP contribution >= 0.6 is 0 Å². The Balaban J connectivity index is 4.35. The largest absolute Gasteiger partial charge is 0.314 e. The van der Waals surface area contributed by atoms with Gasteiger partial charge in [-0.25, -0.2) is 0 Å². The van der Waals surface area contributed by atoms with Gasteiger partial charge >= 0.3 is 0 Å². The van der Waals surface area contributed by atoms with E-state index in [1.54, 1.807) is 0 Å². The van der Waals surface area contributed by atoms with Gasteiger partial charge < -0.3 is 5.32 Å². The number of rotatable bonds is 11. The third-order valence-electron chi connectivity index (χ3n) is 4.12. The average molecular weight is 255 g/mol. The van der Waals surface area contributed by atoms with E-state index in [0.29, 0.717) is 11.5 Å². The Morgan fingerprint density at radius 3 is 2.17 bits per heavy atom. The van der Waals surface area contributed by atoms with E-state index in [0.717, 1.165) is 5.92 Å². The molecule has 0 heterocycles. The zero-order chi connectivity index (χ0) is 14.0. The van der Waals surface area contributed by atoms with Crippen LogP contribution in [0.4, 0.5) is 0 Å². The number of hydrogen-bond donors (Lipinski definition) is 1. The van der Waals surface area contributed by atoms with Gasteiger partial charge in [-0.3, -0.25) is 0 Å². The molecule has 1 nitrogen and oxygen atoms in total. The van der Waals surface area contributed by atoms with Gasteiger partial charge in [0.25, 0.3) is 0 Å². The fraction of sp³-hybridized carbons (Fsp3) is 1.00. The lowest BCUT2D eigenvalue weighted by molar-refractivity contribution is 0.194. The van der Waals surface area contributed by atoms with Crippen LogP contribution in [-0.2, 0) is 0 Å². The molecule has 0 rings (SSSR count). The number of unbranched alkanes of at least 4 members (excludes halogenated alkanes) is 1. The molecule has 18 heavy (non-hydrogen) atoms. The molecule has 2 unspecified atom stereocenters. The molecule has 2 atom stereocenters. The van der Waals surface area contributed by atoms with Crippen molar-refractivity contribution in [2.24, 2.45) is 11.3 Å². The zero-order valence-electron chi connectivity index (χ0n) is 13.8. The van der Waals surface area contributed by atoms with Gasteiger partial charge in [0.15, 0.2) is 0 Å². The summed E-state index contributed by atoms with van der Waals surface area (Å²) in [7, 11) is 0. The van der Waals surface area contributed by atoms with Crippen molar-refractivity contribution in [3.8, 4) is 0 Å². The number of hydrogen-bond acceptors (Lipinski definition) is 1. The SMILES string of the molecule is CCCCC(CC)CC(C)(CCC)CNC(C)C. The highest BCUT2D eigenvalue weighted by molar-refractivity contribution is 4.80. The Labute approximate surface area is 116 Å². The molecule has 0 aliphatic rings. The van der Waals surface area contributed by atoms with Crippen LogP contribution in [0, 0.1) is 11.3 Å². The smallest absolute Gasteiger partial charge is 0.00106 e. The predicted molar refractivity (Wildman–Crippen MR) is 84.1 cm³/mol. The highest BCUT2D eigenvalue weighted by Gasteiger charge is 2.26. The predicted octanol–water partition coefficient (Wildman–Crippen LogP) is 5.40. The van der Waals surface area contributed by atoms with Crippen molar-refractivity contribution in [2.75, 3.05) is 6.54 Å². The molecule has 0 saturated carbocycles. The third kappa shape index (κ3) is 8.13. The van der Waals surface area contributed by atoms with E-state index < -0.39 is 0 Å². The van der Waals surface area contributed by atoms with Crippen LogP contribution in [0.2, 0.25) is 0 Å². The Morgan fingerprint density at radius 2 is 1.72 bits per heavy atom. The Kier molecular flexibility index (Phi) is 9.81. The fourth-order valence-electron chi connectivity index (χ4n) is 2.96. The van der Waals surface area contributed by atoms with E-state index in [1.807, 2.05) is 0 Å². The van der Waals surface area contributed by atoms with E-state index >= 15 is 0 Å². The van der Waals surface area contributed by atoms with E-state index in [2.05, 4.69) is 46.9 Å². The summed E-state index contributed by atoms with van der Waals surface area (Å²) in [5.41, 5.74) is 0.493. The van der Waals surface area contributed by atoms with Gasteiger partial charge in [-0.1, -0.05) is 73.6 Å². The summed E-state index contributed by atoms with van der Waals surface area (Å²) >= 11 is 0. The van der Waals surface area contributed by atoms with Gasteiger partial charge in [0.1, 0.15) is 0 Å². The van der Waals surface area contributed by atoms with Crippen LogP contribution in [0.1, 0.15) is 86.5 Å². The molecule has 1 N–H and O–H groups in total.